The molecule has 3 rings (SSSR count). The van der Waals surface area contributed by atoms with E-state index in [0.29, 0.717) is 19.0 Å². The van der Waals surface area contributed by atoms with Crippen molar-refractivity contribution < 1.29 is 18.3 Å². The minimum absolute atomic E-state index is 0.0112. The van der Waals surface area contributed by atoms with Gasteiger partial charge in [-0.25, -0.2) is 17.5 Å². The first-order valence-corrected chi connectivity index (χ1v) is 9.39. The van der Waals surface area contributed by atoms with Gasteiger partial charge in [-0.2, -0.15) is 0 Å². The predicted molar refractivity (Wildman–Crippen MR) is 78.6 cm³/mol. The molecule has 3 aliphatic rings. The summed E-state index contributed by atoms with van der Waals surface area (Å²) in [4.78, 5) is 12.4. The third-order valence-corrected chi connectivity index (χ3v) is 7.70. The van der Waals surface area contributed by atoms with Crippen LogP contribution in [0.1, 0.15) is 38.5 Å². The third-order valence-electron chi connectivity index (χ3n) is 5.67. The van der Waals surface area contributed by atoms with Gasteiger partial charge in [0, 0.05) is 26.2 Å². The number of amides is 1. The lowest BCUT2D eigenvalue weighted by molar-refractivity contribution is -0.0285. The van der Waals surface area contributed by atoms with Crippen LogP contribution in [0.3, 0.4) is 0 Å². The lowest BCUT2D eigenvalue weighted by Gasteiger charge is -2.56. The summed E-state index contributed by atoms with van der Waals surface area (Å²) in [6.07, 6.45) is 4.71. The Morgan fingerprint density at radius 1 is 1.24 bits per heavy atom. The second-order valence-electron chi connectivity index (χ2n) is 6.92. The van der Waals surface area contributed by atoms with Crippen LogP contribution in [0.25, 0.3) is 0 Å². The maximum absolute atomic E-state index is 12.4. The van der Waals surface area contributed by atoms with Gasteiger partial charge < -0.3 is 10.0 Å². The van der Waals surface area contributed by atoms with Gasteiger partial charge in [0.25, 0.3) is 0 Å². The Kier molecular flexibility index (Phi) is 3.68. The fourth-order valence-corrected chi connectivity index (χ4v) is 5.75. The van der Waals surface area contributed by atoms with Crippen molar-refractivity contribution in [3.63, 3.8) is 0 Å². The first kappa shape index (κ1) is 15.1. The normalized spacial score (nSPS) is 28.7. The van der Waals surface area contributed by atoms with Gasteiger partial charge in [0.05, 0.1) is 5.75 Å². The van der Waals surface area contributed by atoms with E-state index in [-0.39, 0.29) is 17.2 Å². The number of nitrogens with zero attached hydrogens (tertiary/aromatic N) is 2. The van der Waals surface area contributed by atoms with Gasteiger partial charge in [0.1, 0.15) is 0 Å². The Hall–Kier alpha value is -0.820. The van der Waals surface area contributed by atoms with E-state index in [0.717, 1.165) is 38.5 Å². The Morgan fingerprint density at radius 3 is 2.29 bits per heavy atom. The molecule has 1 unspecified atom stereocenters. The molecular formula is C14H24N2O4S. The highest BCUT2D eigenvalue weighted by Gasteiger charge is 2.52. The summed E-state index contributed by atoms with van der Waals surface area (Å²) in [6.45, 7) is 1.06. The van der Waals surface area contributed by atoms with E-state index >= 15 is 0 Å². The summed E-state index contributed by atoms with van der Waals surface area (Å²) >= 11 is 0. The highest BCUT2D eigenvalue weighted by atomic mass is 32.2. The Morgan fingerprint density at radius 2 is 1.86 bits per heavy atom. The van der Waals surface area contributed by atoms with Crippen LogP contribution in [-0.2, 0) is 10.0 Å². The topological polar surface area (TPSA) is 77.9 Å². The van der Waals surface area contributed by atoms with Crippen molar-refractivity contribution in [1.29, 1.82) is 0 Å². The van der Waals surface area contributed by atoms with Gasteiger partial charge in [0.15, 0.2) is 0 Å². The molecule has 1 amide bonds. The van der Waals surface area contributed by atoms with Crippen molar-refractivity contribution in [2.75, 3.05) is 25.9 Å². The summed E-state index contributed by atoms with van der Waals surface area (Å²) in [5.41, 5.74) is 0.0112. The molecule has 0 aromatic carbocycles. The molecule has 6 nitrogen and oxygen atoms in total. The van der Waals surface area contributed by atoms with E-state index in [1.165, 1.54) is 4.90 Å². The number of carboxylic acid groups (broad SMARTS) is 1. The summed E-state index contributed by atoms with van der Waals surface area (Å²) in [5.74, 6) is 0.652. The van der Waals surface area contributed by atoms with Crippen molar-refractivity contribution in [3.8, 4) is 0 Å². The molecular weight excluding hydrogens is 292 g/mol. The predicted octanol–water partition coefficient (Wildman–Crippen LogP) is 1.58. The number of sulfonamides is 1. The first-order chi connectivity index (χ1) is 9.84. The van der Waals surface area contributed by atoms with E-state index in [2.05, 4.69) is 0 Å². The highest BCUT2D eigenvalue weighted by molar-refractivity contribution is 7.89. The van der Waals surface area contributed by atoms with Crippen LogP contribution in [0.2, 0.25) is 0 Å². The third kappa shape index (κ3) is 2.77. The molecule has 21 heavy (non-hydrogen) atoms. The molecule has 0 radical (unpaired) electrons. The van der Waals surface area contributed by atoms with E-state index in [1.54, 1.807) is 11.4 Å². The van der Waals surface area contributed by atoms with Crippen LogP contribution in [-0.4, -0.2) is 60.8 Å². The molecule has 0 bridgehead atoms. The maximum Gasteiger partial charge on any atom is 0.407 e. The lowest BCUT2D eigenvalue weighted by atomic mass is 9.59. The molecule has 1 spiro atoms. The van der Waals surface area contributed by atoms with Crippen molar-refractivity contribution >= 4 is 16.1 Å². The molecule has 1 aliphatic heterocycles. The molecule has 0 aromatic heterocycles. The zero-order chi connectivity index (χ0) is 15.3. The molecule has 120 valence electrons. The molecule has 1 atom stereocenters. The second kappa shape index (κ2) is 5.12. The number of rotatable bonds is 4. The van der Waals surface area contributed by atoms with E-state index in [1.807, 2.05) is 0 Å². The van der Waals surface area contributed by atoms with E-state index < -0.39 is 16.1 Å². The minimum atomic E-state index is -3.16. The summed E-state index contributed by atoms with van der Waals surface area (Å²) < 4.78 is 26.5. The summed E-state index contributed by atoms with van der Waals surface area (Å²) in [5, 5.41) is 9.03. The SMILES string of the molecule is CN(C1CCC12CCN(C(=O)O)CC2)S(=O)(=O)CC1CC1. The first-order valence-electron chi connectivity index (χ1n) is 7.78. The van der Waals surface area contributed by atoms with Crippen LogP contribution in [0.5, 0.6) is 0 Å². The smallest absolute Gasteiger partial charge is 0.407 e. The van der Waals surface area contributed by atoms with Gasteiger partial charge in [-0.05, 0) is 49.9 Å². The molecule has 1 saturated heterocycles. The molecule has 2 aliphatic carbocycles. The van der Waals surface area contributed by atoms with Crippen molar-refractivity contribution in [2.45, 2.75) is 44.6 Å². The molecule has 3 fully saturated rings. The zero-order valence-electron chi connectivity index (χ0n) is 12.5. The largest absolute Gasteiger partial charge is 0.465 e. The number of piperidine rings is 1. The van der Waals surface area contributed by atoms with Crippen LogP contribution in [0.15, 0.2) is 0 Å². The van der Waals surface area contributed by atoms with Crippen LogP contribution < -0.4 is 0 Å². The van der Waals surface area contributed by atoms with Gasteiger partial charge in [-0.3, -0.25) is 0 Å². The minimum Gasteiger partial charge on any atom is -0.465 e. The Balaban J connectivity index is 1.65. The summed E-state index contributed by atoms with van der Waals surface area (Å²) in [7, 11) is -1.44. The zero-order valence-corrected chi connectivity index (χ0v) is 13.3. The molecule has 2 saturated carbocycles. The molecule has 7 heteroatoms. The summed E-state index contributed by atoms with van der Waals surface area (Å²) in [6, 6.07) is 0.0668. The second-order valence-corrected chi connectivity index (χ2v) is 9.00. The monoisotopic (exact) mass is 316 g/mol. The van der Waals surface area contributed by atoms with Gasteiger partial charge in [0.2, 0.25) is 10.0 Å². The average Bonchev–Trinajstić information content (AvgIpc) is 3.20. The van der Waals surface area contributed by atoms with Crippen molar-refractivity contribution in [2.24, 2.45) is 11.3 Å². The fraction of sp³-hybridized carbons (Fsp3) is 0.929. The lowest BCUT2D eigenvalue weighted by Crippen LogP contribution is -2.60. The van der Waals surface area contributed by atoms with Gasteiger partial charge in [-0.15, -0.1) is 0 Å². The highest BCUT2D eigenvalue weighted by Crippen LogP contribution is 2.52. The quantitative estimate of drug-likeness (QED) is 0.854. The Bertz CT molecular complexity index is 521. The van der Waals surface area contributed by atoms with Gasteiger partial charge in [-0.1, -0.05) is 0 Å². The molecule has 1 N–H and O–H groups in total. The molecule has 1 heterocycles. The van der Waals surface area contributed by atoms with E-state index in [4.69, 9.17) is 5.11 Å². The van der Waals surface area contributed by atoms with Gasteiger partial charge >= 0.3 is 6.09 Å². The van der Waals surface area contributed by atoms with Crippen molar-refractivity contribution in [1.82, 2.24) is 9.21 Å². The van der Waals surface area contributed by atoms with Crippen LogP contribution in [0, 0.1) is 11.3 Å². The fourth-order valence-electron chi connectivity index (χ4n) is 3.87. The number of likely N-dealkylation sites (tertiary alicyclic amines) is 1. The number of hydrogen-bond acceptors (Lipinski definition) is 3. The standard InChI is InChI=1S/C14H24N2O4S/c1-15(21(19,20)10-11-2-3-11)12-4-5-14(12)6-8-16(9-7-14)13(17)18/h11-12H,2-10H2,1H3,(H,17,18). The number of carbonyl (C=O) groups is 1. The van der Waals surface area contributed by atoms with E-state index in [9.17, 15) is 13.2 Å². The average molecular weight is 316 g/mol. The Labute approximate surface area is 126 Å². The number of hydrogen-bond donors (Lipinski definition) is 1. The maximum atomic E-state index is 12.4. The van der Waals surface area contributed by atoms with Crippen LogP contribution >= 0.6 is 0 Å². The molecule has 0 aromatic rings. The van der Waals surface area contributed by atoms with Crippen LogP contribution in [0.4, 0.5) is 4.79 Å². The van der Waals surface area contributed by atoms with Crippen molar-refractivity contribution in [3.05, 3.63) is 0 Å².